The molecule has 23 heteroatoms. The van der Waals surface area contributed by atoms with Crippen molar-refractivity contribution in [2.45, 2.75) is 127 Å². The van der Waals surface area contributed by atoms with Crippen LogP contribution in [0.25, 0.3) is 0 Å². The molecule has 0 radical (unpaired) electrons. The minimum absolute atomic E-state index is 0.00970. The van der Waals surface area contributed by atoms with Gasteiger partial charge in [-0.1, -0.05) is 85.6 Å². The molecule has 2 atom stereocenters. The van der Waals surface area contributed by atoms with Gasteiger partial charge in [0.25, 0.3) is 10.1 Å². The Morgan fingerprint density at radius 2 is 1.38 bits per heavy atom. The summed E-state index contributed by atoms with van der Waals surface area (Å²) in [5.41, 5.74) is 7.20. The number of allylic oxidation sites excluding steroid dienone is 7. The number of para-hydroxylation sites is 2. The Hall–Kier alpha value is -5.36. The second kappa shape index (κ2) is 33.0. The Morgan fingerprint density at radius 1 is 0.767 bits per heavy atom. The topological polar surface area (TPSA) is 235 Å². The lowest BCUT2D eigenvalue weighted by Crippen LogP contribution is -2.40. The average Bonchev–Trinajstić information content (AvgIpc) is 1.60. The molecule has 20 nitrogen and oxygen atoms in total. The standard InChI is InChI=1S/C67H94BrN4O16PS/c1-12-13-18-36-70-56-24-16-14-22-54(56)65(4,5)58(70)32-26-50-20-19-21-51(61(50)88-52-28-30-53(31-29-52)90(78,79)80)27-33-59-66(6,7)55-23-15-17-25-57(55)71(59)37-34-60(73)69-35-39-81-41-42-82-43-44-83-45-46-84-62(74)64(2,3)49-67(8,68)63(75)85-47-48-87-89(76,77)86-40-38-72(9,10)11/h14-17,22-33H,12-13,18-21,34-49H2,1-11H3,(H-2,69,73,76,77,78,79,80)/p+2. The van der Waals surface area contributed by atoms with E-state index in [9.17, 15) is 36.8 Å². The number of benzene rings is 3. The lowest BCUT2D eigenvalue weighted by atomic mass is 9.81. The second-order valence-corrected chi connectivity index (χ2v) is 30.3. The van der Waals surface area contributed by atoms with Crippen LogP contribution in [-0.2, 0) is 72.6 Å². The van der Waals surface area contributed by atoms with Gasteiger partial charge in [-0.15, -0.1) is 0 Å². The predicted octanol–water partition coefficient (Wildman–Crippen LogP) is 11.2. The number of ether oxygens (including phenoxy) is 6. The van der Waals surface area contributed by atoms with Crippen LogP contribution in [0.3, 0.4) is 0 Å². The Labute approximate surface area is 541 Å². The maximum Gasteiger partial charge on any atom is 0.472 e. The summed E-state index contributed by atoms with van der Waals surface area (Å²) in [7, 11) is -2.98. The van der Waals surface area contributed by atoms with E-state index in [1.165, 1.54) is 29.1 Å². The molecule has 1 aliphatic carbocycles. The monoisotopic (exact) mass is 1350 g/mol. The number of hydrogen-bond donors (Lipinski definition) is 3. The van der Waals surface area contributed by atoms with Crippen LogP contribution in [0.15, 0.2) is 125 Å². The molecule has 3 aromatic carbocycles. The van der Waals surface area contributed by atoms with Crippen molar-refractivity contribution < 1.29 is 83.3 Å². The number of alkyl halides is 1. The number of hydrogen-bond acceptors (Lipinski definition) is 15. The third-order valence-electron chi connectivity index (χ3n) is 16.0. The number of carbonyl (C=O) groups is 3. The van der Waals surface area contributed by atoms with Crippen LogP contribution in [0.4, 0.5) is 11.4 Å². The van der Waals surface area contributed by atoms with Gasteiger partial charge < -0.3 is 48.0 Å². The van der Waals surface area contributed by atoms with E-state index in [1.807, 2.05) is 33.3 Å². The number of unbranched alkanes of at least 4 members (excludes halogenated alkanes) is 2. The molecule has 2 heterocycles. The van der Waals surface area contributed by atoms with E-state index in [4.69, 9.17) is 37.5 Å². The fourth-order valence-corrected chi connectivity index (χ4v) is 13.2. The van der Waals surface area contributed by atoms with Gasteiger partial charge in [-0.2, -0.15) is 13.0 Å². The molecule has 3 aliphatic rings. The van der Waals surface area contributed by atoms with Crippen molar-refractivity contribution in [2.24, 2.45) is 5.41 Å². The fourth-order valence-electron chi connectivity index (χ4n) is 11.2. The van der Waals surface area contributed by atoms with Gasteiger partial charge in [0.05, 0.1) is 83.1 Å². The minimum atomic E-state index is -4.41. The van der Waals surface area contributed by atoms with E-state index in [1.54, 1.807) is 32.9 Å². The number of phosphoric acid groups is 1. The van der Waals surface area contributed by atoms with Gasteiger partial charge in [0.2, 0.25) is 11.6 Å². The number of rotatable bonds is 37. The number of nitrogens with zero attached hydrogens (tertiary/aromatic N) is 3. The lowest BCUT2D eigenvalue weighted by molar-refractivity contribution is -0.870. The third kappa shape index (κ3) is 21.3. The molecule has 6 rings (SSSR count). The van der Waals surface area contributed by atoms with Gasteiger partial charge in [-0.3, -0.25) is 28.0 Å². The molecular weight excluding hydrogens is 1260 g/mol. The molecular formula is C67H96BrN4O16PS+2. The summed E-state index contributed by atoms with van der Waals surface area (Å²) >= 11 is 3.37. The van der Waals surface area contributed by atoms with E-state index in [0.29, 0.717) is 55.4 Å². The number of likely N-dealkylation sites (N-methyl/N-ethyl adjacent to an activating group) is 1. The average molecular weight is 1360 g/mol. The van der Waals surface area contributed by atoms with Crippen molar-refractivity contribution in [3.8, 4) is 5.75 Å². The third-order valence-corrected chi connectivity index (χ3v) is 18.5. The molecule has 496 valence electrons. The molecule has 0 aromatic heterocycles. The van der Waals surface area contributed by atoms with Gasteiger partial charge >= 0.3 is 19.8 Å². The molecule has 2 aliphatic heterocycles. The molecule has 0 saturated heterocycles. The summed E-state index contributed by atoms with van der Waals surface area (Å²) in [5, 5.41) is 2.99. The Bertz CT molecular complexity index is 3280. The number of phosphoric ester groups is 1. The lowest BCUT2D eigenvalue weighted by Gasteiger charge is -2.30. The number of esters is 2. The normalized spacial score (nSPS) is 18.0. The minimum Gasteiger partial charge on any atom is -0.463 e. The molecule has 2 unspecified atom stereocenters. The van der Waals surface area contributed by atoms with Crippen molar-refractivity contribution in [3.05, 3.63) is 131 Å². The number of halogens is 1. The molecule has 0 bridgehead atoms. The first kappa shape index (κ1) is 73.7. The Morgan fingerprint density at radius 3 is 2.04 bits per heavy atom. The summed E-state index contributed by atoms with van der Waals surface area (Å²) < 4.78 is 91.9. The molecule has 0 fully saturated rings. The van der Waals surface area contributed by atoms with Crippen LogP contribution in [0, 0.1) is 5.41 Å². The molecule has 3 aromatic rings. The highest BCUT2D eigenvalue weighted by atomic mass is 79.9. The fraction of sp³-hybridized carbons (Fsp3) is 0.552. The van der Waals surface area contributed by atoms with Crippen molar-refractivity contribution in [1.82, 2.24) is 5.32 Å². The van der Waals surface area contributed by atoms with Gasteiger partial charge in [0.1, 0.15) is 48.7 Å². The van der Waals surface area contributed by atoms with Crippen LogP contribution >= 0.6 is 23.8 Å². The van der Waals surface area contributed by atoms with Gasteiger partial charge in [0, 0.05) is 60.4 Å². The van der Waals surface area contributed by atoms with Crippen LogP contribution in [0.2, 0.25) is 0 Å². The number of amides is 1. The SMILES string of the molecule is CCCCC[N+]1=C(C=CC2=C(Oc3ccc(S(=O)(=O)O)cc3)C(=CC=C3N(CCC(=O)NCCOCCOCCOCCOC(=O)C(C)(C)CC(C)(Br)C(=O)OCCOP(=O)(O)OCC[N+](C)(C)C)c4ccccc4C3(C)C)CCC2)C(C)(C)c2ccccc21. The number of carbonyl (C=O) groups excluding carboxylic acids is 3. The van der Waals surface area contributed by atoms with Gasteiger partial charge in [0.15, 0.2) is 5.71 Å². The van der Waals surface area contributed by atoms with Crippen molar-refractivity contribution in [2.75, 3.05) is 118 Å². The molecule has 3 N–H and O–H groups in total. The zero-order valence-corrected chi connectivity index (χ0v) is 57.8. The van der Waals surface area contributed by atoms with E-state index in [2.05, 4.69) is 126 Å². The molecule has 1 amide bonds. The van der Waals surface area contributed by atoms with Crippen LogP contribution in [0.1, 0.15) is 118 Å². The largest absolute Gasteiger partial charge is 0.472 e. The highest BCUT2D eigenvalue weighted by Crippen LogP contribution is 2.49. The quantitative estimate of drug-likeness (QED) is 0.00926. The highest BCUT2D eigenvalue weighted by Gasteiger charge is 2.45. The summed E-state index contributed by atoms with van der Waals surface area (Å²) in [6.45, 7) is 19.1. The first-order valence-corrected chi connectivity index (χ1v) is 34.8. The number of nitrogens with one attached hydrogen (secondary N) is 1. The van der Waals surface area contributed by atoms with E-state index < -0.39 is 45.0 Å². The van der Waals surface area contributed by atoms with Crippen molar-refractivity contribution in [1.29, 1.82) is 0 Å². The zero-order chi connectivity index (χ0) is 66.0. The van der Waals surface area contributed by atoms with Gasteiger partial charge in [-0.25, -0.2) is 4.57 Å². The van der Waals surface area contributed by atoms with E-state index in [0.717, 1.165) is 73.2 Å². The first-order chi connectivity index (χ1) is 42.4. The van der Waals surface area contributed by atoms with Crippen LogP contribution in [-0.4, -0.2) is 168 Å². The highest BCUT2D eigenvalue weighted by molar-refractivity contribution is 9.10. The van der Waals surface area contributed by atoms with Crippen molar-refractivity contribution >= 4 is 68.8 Å². The number of fused-ring (bicyclic) bond motifs is 2. The van der Waals surface area contributed by atoms with E-state index >= 15 is 0 Å². The summed E-state index contributed by atoms with van der Waals surface area (Å²) in [4.78, 5) is 51.1. The second-order valence-electron chi connectivity index (χ2n) is 25.6. The molecule has 0 saturated carbocycles. The maximum atomic E-state index is 13.4. The van der Waals surface area contributed by atoms with Crippen LogP contribution < -0.4 is 15.0 Å². The Kier molecular flexibility index (Phi) is 27.0. The summed E-state index contributed by atoms with van der Waals surface area (Å²) in [6, 6.07) is 22.7. The smallest absolute Gasteiger partial charge is 0.463 e. The number of anilines is 1. The zero-order valence-electron chi connectivity index (χ0n) is 54.5. The van der Waals surface area contributed by atoms with E-state index in [-0.39, 0.29) is 75.3 Å². The summed E-state index contributed by atoms with van der Waals surface area (Å²) in [6.07, 6.45) is 14.7. The summed E-state index contributed by atoms with van der Waals surface area (Å²) in [5.74, 6) is -0.209. The molecule has 90 heavy (non-hydrogen) atoms. The Balaban J connectivity index is 0.964. The predicted molar refractivity (Wildman–Crippen MR) is 351 cm³/mol. The van der Waals surface area contributed by atoms with Crippen molar-refractivity contribution in [3.63, 3.8) is 0 Å². The number of quaternary nitrogens is 1. The van der Waals surface area contributed by atoms with Gasteiger partial charge in [-0.05, 0) is 126 Å². The molecule has 0 spiro atoms. The van der Waals surface area contributed by atoms with Crippen LogP contribution in [0.5, 0.6) is 5.75 Å². The maximum absolute atomic E-state index is 13.4. The first-order valence-electron chi connectivity index (χ1n) is 31.0.